The molecule has 9 nitrogen and oxygen atoms in total. The van der Waals surface area contributed by atoms with E-state index in [0.717, 1.165) is 4.31 Å². The second-order valence-electron chi connectivity index (χ2n) is 8.36. The summed E-state index contributed by atoms with van der Waals surface area (Å²) in [5, 5.41) is 5.86. The SMILES string of the molecule is O=C(NCc1ccco1)c1ccccc1NC(=O)[C@@H]1CN(S(=O)(=O)c2ccc(Cl)cc2)c2ccccc2O1. The lowest BCUT2D eigenvalue weighted by Gasteiger charge is -2.34. The number of benzene rings is 3. The highest BCUT2D eigenvalue weighted by Crippen LogP contribution is 2.37. The highest BCUT2D eigenvalue weighted by atomic mass is 35.5. The van der Waals surface area contributed by atoms with Gasteiger partial charge < -0.3 is 19.8 Å². The van der Waals surface area contributed by atoms with E-state index in [4.69, 9.17) is 20.8 Å². The lowest BCUT2D eigenvalue weighted by molar-refractivity contribution is -0.122. The van der Waals surface area contributed by atoms with E-state index >= 15 is 0 Å². The van der Waals surface area contributed by atoms with E-state index in [-0.39, 0.29) is 35.0 Å². The molecule has 2 N–H and O–H groups in total. The molecule has 194 valence electrons. The molecule has 1 aliphatic rings. The van der Waals surface area contributed by atoms with Crippen LogP contribution in [0.25, 0.3) is 0 Å². The molecule has 0 aliphatic carbocycles. The van der Waals surface area contributed by atoms with Crippen molar-refractivity contribution in [2.24, 2.45) is 0 Å². The second-order valence-corrected chi connectivity index (χ2v) is 10.7. The number of furan rings is 1. The lowest BCUT2D eigenvalue weighted by atomic mass is 10.1. The summed E-state index contributed by atoms with van der Waals surface area (Å²) in [4.78, 5) is 26.2. The van der Waals surface area contributed by atoms with Crippen molar-refractivity contribution in [3.05, 3.63) is 108 Å². The van der Waals surface area contributed by atoms with Crippen molar-refractivity contribution in [3.63, 3.8) is 0 Å². The number of halogens is 1. The Bertz CT molecular complexity index is 1570. The Morgan fingerprint density at radius 2 is 1.68 bits per heavy atom. The first-order valence-corrected chi connectivity index (χ1v) is 13.4. The summed E-state index contributed by atoms with van der Waals surface area (Å²) in [6.07, 6.45) is 0.320. The van der Waals surface area contributed by atoms with Crippen LogP contribution in [0.3, 0.4) is 0 Å². The summed E-state index contributed by atoms with van der Waals surface area (Å²) < 4.78 is 39.3. The molecule has 0 saturated heterocycles. The number of nitrogens with zero attached hydrogens (tertiary/aromatic N) is 1. The first-order valence-electron chi connectivity index (χ1n) is 11.6. The van der Waals surface area contributed by atoms with E-state index in [9.17, 15) is 18.0 Å². The van der Waals surface area contributed by atoms with Crippen LogP contribution in [-0.2, 0) is 21.4 Å². The number of ether oxygens (including phenoxy) is 1. The highest BCUT2D eigenvalue weighted by molar-refractivity contribution is 7.92. The quantitative estimate of drug-likeness (QED) is 0.350. The minimum atomic E-state index is -4.04. The summed E-state index contributed by atoms with van der Waals surface area (Å²) in [7, 11) is -4.04. The topological polar surface area (TPSA) is 118 Å². The van der Waals surface area contributed by atoms with Gasteiger partial charge in [-0.25, -0.2) is 8.42 Å². The number of hydrogen-bond acceptors (Lipinski definition) is 6. The van der Waals surface area contributed by atoms with Gasteiger partial charge in [0.25, 0.3) is 21.8 Å². The zero-order chi connectivity index (χ0) is 26.7. The van der Waals surface area contributed by atoms with Gasteiger partial charge in [0.1, 0.15) is 11.5 Å². The van der Waals surface area contributed by atoms with Crippen LogP contribution in [0.5, 0.6) is 5.75 Å². The van der Waals surface area contributed by atoms with Crippen LogP contribution < -0.4 is 19.7 Å². The molecule has 0 spiro atoms. The van der Waals surface area contributed by atoms with Crippen LogP contribution in [0.15, 0.2) is 101 Å². The van der Waals surface area contributed by atoms with E-state index in [2.05, 4.69) is 10.6 Å². The van der Waals surface area contributed by atoms with Crippen molar-refractivity contribution in [2.45, 2.75) is 17.5 Å². The fourth-order valence-electron chi connectivity index (χ4n) is 3.98. The fourth-order valence-corrected chi connectivity index (χ4v) is 5.58. The average Bonchev–Trinajstić information content (AvgIpc) is 3.45. The third-order valence-corrected chi connectivity index (χ3v) is 7.91. The number of hydrogen-bond donors (Lipinski definition) is 2. The number of carbonyl (C=O) groups is 2. The van der Waals surface area contributed by atoms with E-state index in [1.807, 2.05) is 0 Å². The standard InChI is InChI=1S/C27H22ClN3O6S/c28-18-11-13-20(14-12-18)38(34,35)31-17-25(37-24-10-4-3-9-23(24)31)27(33)30-22-8-2-1-7-21(22)26(32)29-16-19-6-5-15-36-19/h1-15,25H,16-17H2,(H,29,32)(H,30,33)/t25-/m0/s1. The highest BCUT2D eigenvalue weighted by Gasteiger charge is 2.37. The maximum absolute atomic E-state index is 13.5. The molecular formula is C27H22ClN3O6S. The van der Waals surface area contributed by atoms with Gasteiger partial charge in [-0.05, 0) is 60.7 Å². The Morgan fingerprint density at radius 3 is 2.45 bits per heavy atom. The van der Waals surface area contributed by atoms with E-state index in [0.29, 0.717) is 16.5 Å². The number of amides is 2. The van der Waals surface area contributed by atoms with Gasteiger partial charge in [-0.15, -0.1) is 0 Å². The van der Waals surface area contributed by atoms with Gasteiger partial charge in [-0.2, -0.15) is 0 Å². The molecule has 0 radical (unpaired) electrons. The van der Waals surface area contributed by atoms with E-state index < -0.39 is 27.9 Å². The smallest absolute Gasteiger partial charge is 0.267 e. The average molecular weight is 552 g/mol. The van der Waals surface area contributed by atoms with E-state index in [1.165, 1.54) is 30.5 Å². The van der Waals surface area contributed by atoms with Crippen LogP contribution in [0.4, 0.5) is 11.4 Å². The summed E-state index contributed by atoms with van der Waals surface area (Å²) >= 11 is 5.94. The number of fused-ring (bicyclic) bond motifs is 1. The Labute approximate surface area is 224 Å². The van der Waals surface area contributed by atoms with Gasteiger partial charge in [-0.3, -0.25) is 13.9 Å². The summed E-state index contributed by atoms with van der Waals surface area (Å²) in [5.41, 5.74) is 0.794. The van der Waals surface area contributed by atoms with Crippen molar-refractivity contribution in [1.82, 2.24) is 5.32 Å². The van der Waals surface area contributed by atoms with Gasteiger partial charge >= 0.3 is 0 Å². The minimum Gasteiger partial charge on any atom is -0.476 e. The minimum absolute atomic E-state index is 0.0244. The number of nitrogens with one attached hydrogen (secondary N) is 2. The Balaban J connectivity index is 1.38. The summed E-state index contributed by atoms with van der Waals surface area (Å²) in [6, 6.07) is 22.3. The van der Waals surface area contributed by atoms with Crippen LogP contribution in [0, 0.1) is 0 Å². The normalized spacial score (nSPS) is 14.8. The number of para-hydroxylation sites is 3. The Morgan fingerprint density at radius 1 is 0.947 bits per heavy atom. The number of carbonyl (C=O) groups excluding carboxylic acids is 2. The van der Waals surface area contributed by atoms with Crippen LogP contribution >= 0.6 is 11.6 Å². The predicted octanol–water partition coefficient (Wildman–Crippen LogP) is 4.46. The summed E-state index contributed by atoms with van der Waals surface area (Å²) in [6.45, 7) is -0.102. The summed E-state index contributed by atoms with van der Waals surface area (Å²) in [5.74, 6) is -0.210. The monoisotopic (exact) mass is 551 g/mol. The number of anilines is 2. The van der Waals surface area contributed by atoms with Crippen molar-refractivity contribution in [1.29, 1.82) is 0 Å². The Hall–Kier alpha value is -4.28. The van der Waals surface area contributed by atoms with Gasteiger partial charge in [-0.1, -0.05) is 35.9 Å². The van der Waals surface area contributed by atoms with Crippen molar-refractivity contribution in [2.75, 3.05) is 16.2 Å². The number of rotatable bonds is 7. The molecule has 0 fully saturated rings. The molecule has 4 aromatic rings. The molecule has 1 aromatic heterocycles. The third-order valence-electron chi connectivity index (χ3n) is 5.86. The molecule has 38 heavy (non-hydrogen) atoms. The van der Waals surface area contributed by atoms with Gasteiger partial charge in [0.2, 0.25) is 0 Å². The van der Waals surface area contributed by atoms with Gasteiger partial charge in [0.15, 0.2) is 6.10 Å². The van der Waals surface area contributed by atoms with Crippen LogP contribution in [0.2, 0.25) is 5.02 Å². The first kappa shape index (κ1) is 25.4. The zero-order valence-electron chi connectivity index (χ0n) is 19.8. The lowest BCUT2D eigenvalue weighted by Crippen LogP contribution is -2.49. The van der Waals surface area contributed by atoms with Crippen molar-refractivity contribution in [3.8, 4) is 5.75 Å². The molecule has 1 atom stereocenters. The zero-order valence-corrected chi connectivity index (χ0v) is 21.4. The maximum Gasteiger partial charge on any atom is 0.267 e. The molecule has 3 aromatic carbocycles. The maximum atomic E-state index is 13.5. The van der Waals surface area contributed by atoms with Crippen molar-refractivity contribution >= 4 is 44.8 Å². The Kier molecular flexibility index (Phi) is 7.08. The van der Waals surface area contributed by atoms with Gasteiger partial charge in [0.05, 0.1) is 41.2 Å². The third kappa shape index (κ3) is 5.22. The molecule has 5 rings (SSSR count). The molecular weight excluding hydrogens is 530 g/mol. The van der Waals surface area contributed by atoms with Crippen molar-refractivity contribution < 1.29 is 27.2 Å². The molecule has 0 unspecified atom stereocenters. The first-order chi connectivity index (χ1) is 18.3. The fraction of sp³-hybridized carbons (Fsp3) is 0.111. The van der Waals surface area contributed by atoms with Crippen LogP contribution in [-0.4, -0.2) is 32.9 Å². The van der Waals surface area contributed by atoms with Crippen LogP contribution in [0.1, 0.15) is 16.1 Å². The largest absolute Gasteiger partial charge is 0.476 e. The predicted molar refractivity (Wildman–Crippen MR) is 142 cm³/mol. The number of sulfonamides is 1. The van der Waals surface area contributed by atoms with Gasteiger partial charge in [0, 0.05) is 5.02 Å². The molecule has 2 heterocycles. The molecule has 0 bridgehead atoms. The second kappa shape index (κ2) is 10.6. The molecule has 2 amide bonds. The molecule has 11 heteroatoms. The molecule has 1 aliphatic heterocycles. The van der Waals surface area contributed by atoms with E-state index in [1.54, 1.807) is 60.7 Å². The molecule has 0 saturated carbocycles.